The fraction of sp³-hybridized carbons (Fsp3) is 0.850. The van der Waals surface area contributed by atoms with Crippen molar-refractivity contribution < 1.29 is 23.9 Å². The molecule has 0 N–H and O–H groups in total. The van der Waals surface area contributed by atoms with Crippen molar-refractivity contribution in [3.63, 3.8) is 0 Å². The number of halogens is 1. The summed E-state index contributed by atoms with van der Waals surface area (Å²) in [6.45, 7) is 13.5. The fourth-order valence-corrected chi connectivity index (χ4v) is 3.13. The lowest BCUT2D eigenvalue weighted by Crippen LogP contribution is -2.45. The molecular weight excluding hydrogens is 370 g/mol. The Morgan fingerprint density at radius 2 is 1.30 bits per heavy atom. The third-order valence-corrected chi connectivity index (χ3v) is 4.85. The zero-order valence-electron chi connectivity index (χ0n) is 17.7. The van der Waals surface area contributed by atoms with E-state index in [1.165, 1.54) is 0 Å². The van der Waals surface area contributed by atoms with Gasteiger partial charge in [0.15, 0.2) is 5.41 Å². The lowest BCUT2D eigenvalue weighted by molar-refractivity contribution is -0.184. The third kappa shape index (κ3) is 7.68. The van der Waals surface area contributed by atoms with Crippen molar-refractivity contribution >= 4 is 28.9 Å². The molecule has 0 atom stereocenters. The number of nitrogens with zero attached hydrogens (tertiary/aromatic N) is 1. The molecule has 1 heterocycles. The molecule has 0 aromatic heterocycles. The van der Waals surface area contributed by atoms with Crippen LogP contribution >= 0.6 is 11.6 Å². The Labute approximate surface area is 167 Å². The first-order chi connectivity index (χ1) is 12.1. The zero-order valence-corrected chi connectivity index (χ0v) is 18.4. The standard InChI is InChI=1S/C20H34ClNO5/c1-18(2,3)26-15(23)20(7,16(24)27-19(4,5)6)11-8-14-9-12-22(13-10-14)17(21)25/h14H,8-13H2,1-7H3. The highest BCUT2D eigenvalue weighted by molar-refractivity contribution is 6.62. The van der Waals surface area contributed by atoms with E-state index in [-0.39, 0.29) is 0 Å². The first kappa shape index (κ1) is 23.7. The highest BCUT2D eigenvalue weighted by Gasteiger charge is 2.47. The quantitative estimate of drug-likeness (QED) is 0.292. The predicted octanol–water partition coefficient (Wildman–Crippen LogP) is 4.53. The molecule has 6 nitrogen and oxygen atoms in total. The van der Waals surface area contributed by atoms with E-state index >= 15 is 0 Å². The molecule has 1 amide bonds. The maximum absolute atomic E-state index is 12.8. The molecule has 1 aliphatic heterocycles. The maximum atomic E-state index is 12.8. The van der Waals surface area contributed by atoms with Gasteiger partial charge < -0.3 is 14.4 Å². The first-order valence-corrected chi connectivity index (χ1v) is 9.93. The molecule has 7 heteroatoms. The van der Waals surface area contributed by atoms with Gasteiger partial charge in [0, 0.05) is 13.1 Å². The molecule has 0 aromatic carbocycles. The molecule has 156 valence electrons. The summed E-state index contributed by atoms with van der Waals surface area (Å²) in [4.78, 5) is 38.5. The average molecular weight is 404 g/mol. The van der Waals surface area contributed by atoms with E-state index in [2.05, 4.69) is 0 Å². The van der Waals surface area contributed by atoms with E-state index in [0.717, 1.165) is 12.8 Å². The molecule has 0 radical (unpaired) electrons. The number of rotatable bonds is 5. The van der Waals surface area contributed by atoms with Crippen LogP contribution in [0.25, 0.3) is 0 Å². The van der Waals surface area contributed by atoms with Crippen LogP contribution in [0, 0.1) is 11.3 Å². The summed E-state index contributed by atoms with van der Waals surface area (Å²) >= 11 is 5.52. The topological polar surface area (TPSA) is 72.9 Å². The van der Waals surface area contributed by atoms with Crippen LogP contribution < -0.4 is 0 Å². The van der Waals surface area contributed by atoms with E-state index in [0.29, 0.717) is 31.8 Å². The van der Waals surface area contributed by atoms with Crippen molar-refractivity contribution in [1.29, 1.82) is 0 Å². The van der Waals surface area contributed by atoms with Gasteiger partial charge in [-0.15, -0.1) is 0 Å². The van der Waals surface area contributed by atoms with Gasteiger partial charge in [0.1, 0.15) is 11.2 Å². The normalized spacial score (nSPS) is 16.8. The average Bonchev–Trinajstić information content (AvgIpc) is 2.49. The lowest BCUT2D eigenvalue weighted by atomic mass is 9.80. The SMILES string of the molecule is CC(C)(C)OC(=O)C(C)(CCC1CCN(C(=O)Cl)CC1)C(=O)OC(C)(C)C. The highest BCUT2D eigenvalue weighted by atomic mass is 35.5. The van der Waals surface area contributed by atoms with E-state index in [1.807, 2.05) is 0 Å². The first-order valence-electron chi connectivity index (χ1n) is 9.55. The van der Waals surface area contributed by atoms with Gasteiger partial charge in [0.25, 0.3) is 0 Å². The summed E-state index contributed by atoms with van der Waals surface area (Å²) in [7, 11) is 0. The second-order valence-corrected chi connectivity index (χ2v) is 9.88. The van der Waals surface area contributed by atoms with Crippen molar-refractivity contribution in [3.8, 4) is 0 Å². The van der Waals surface area contributed by atoms with Gasteiger partial charge in [-0.2, -0.15) is 0 Å². The second-order valence-electron chi connectivity index (χ2n) is 9.56. The minimum atomic E-state index is -1.36. The van der Waals surface area contributed by atoms with E-state index in [9.17, 15) is 14.4 Å². The van der Waals surface area contributed by atoms with Gasteiger partial charge in [-0.25, -0.2) is 0 Å². The van der Waals surface area contributed by atoms with Crippen LogP contribution in [0.15, 0.2) is 0 Å². The monoisotopic (exact) mass is 403 g/mol. The van der Waals surface area contributed by atoms with Crippen LogP contribution in [0.2, 0.25) is 0 Å². The molecule has 0 bridgehead atoms. The second kappa shape index (κ2) is 8.80. The number of hydrogen-bond donors (Lipinski definition) is 0. The molecule has 1 saturated heterocycles. The van der Waals surface area contributed by atoms with Crippen molar-refractivity contribution in [2.45, 2.75) is 85.4 Å². The van der Waals surface area contributed by atoms with Crippen LogP contribution in [-0.2, 0) is 19.1 Å². The summed E-state index contributed by atoms with van der Waals surface area (Å²) < 4.78 is 11.0. The number of esters is 2. The molecule has 0 aromatic rings. The molecule has 0 aliphatic carbocycles. The van der Waals surface area contributed by atoms with Crippen molar-refractivity contribution in [2.75, 3.05) is 13.1 Å². The molecule has 1 fully saturated rings. The summed E-state index contributed by atoms with van der Waals surface area (Å²) in [5.74, 6) is -0.795. The van der Waals surface area contributed by atoms with Gasteiger partial charge in [-0.05, 0) is 91.7 Å². The third-order valence-electron chi connectivity index (χ3n) is 4.61. The Hall–Kier alpha value is -1.30. The van der Waals surface area contributed by atoms with Crippen LogP contribution in [0.5, 0.6) is 0 Å². The molecule has 0 spiro atoms. The summed E-state index contributed by atoms with van der Waals surface area (Å²) in [6, 6.07) is 0. The van der Waals surface area contributed by atoms with Crippen LogP contribution in [0.4, 0.5) is 4.79 Å². The van der Waals surface area contributed by atoms with Gasteiger partial charge in [-0.3, -0.25) is 14.4 Å². The predicted molar refractivity (Wildman–Crippen MR) is 105 cm³/mol. The van der Waals surface area contributed by atoms with Crippen molar-refractivity contribution in [1.82, 2.24) is 4.90 Å². The van der Waals surface area contributed by atoms with Gasteiger partial charge in [0.2, 0.25) is 0 Å². The van der Waals surface area contributed by atoms with E-state index in [1.54, 1.807) is 53.4 Å². The van der Waals surface area contributed by atoms with Crippen LogP contribution in [0.3, 0.4) is 0 Å². The molecule has 1 rings (SSSR count). The number of piperidine rings is 1. The van der Waals surface area contributed by atoms with E-state index < -0.39 is 33.9 Å². The van der Waals surface area contributed by atoms with Crippen molar-refractivity contribution in [3.05, 3.63) is 0 Å². The molecule has 0 unspecified atom stereocenters. The number of hydrogen-bond acceptors (Lipinski definition) is 5. The molecular formula is C20H34ClNO5. The summed E-state index contributed by atoms with van der Waals surface area (Å²) in [5, 5.41) is -0.430. The maximum Gasteiger partial charge on any atom is 0.323 e. The van der Waals surface area contributed by atoms with Gasteiger partial charge >= 0.3 is 17.3 Å². The lowest BCUT2D eigenvalue weighted by Gasteiger charge is -2.35. The number of carbonyl (C=O) groups is 3. The molecule has 1 aliphatic rings. The highest BCUT2D eigenvalue weighted by Crippen LogP contribution is 2.34. The minimum Gasteiger partial charge on any atom is -0.459 e. The Morgan fingerprint density at radius 3 is 1.63 bits per heavy atom. The molecule has 0 saturated carbocycles. The Kier molecular flexibility index (Phi) is 7.74. The van der Waals surface area contributed by atoms with Crippen LogP contribution in [0.1, 0.15) is 74.1 Å². The number of likely N-dealkylation sites (tertiary alicyclic amines) is 1. The zero-order chi connectivity index (χ0) is 21.0. The van der Waals surface area contributed by atoms with Gasteiger partial charge in [0.05, 0.1) is 0 Å². The number of carbonyl (C=O) groups excluding carboxylic acids is 3. The molecule has 27 heavy (non-hydrogen) atoms. The Morgan fingerprint density at radius 1 is 0.889 bits per heavy atom. The van der Waals surface area contributed by atoms with Gasteiger partial charge in [-0.1, -0.05) is 0 Å². The van der Waals surface area contributed by atoms with Crippen molar-refractivity contribution in [2.24, 2.45) is 11.3 Å². The minimum absolute atomic E-state index is 0.321. The largest absolute Gasteiger partial charge is 0.459 e. The Bertz CT molecular complexity index is 526. The fourth-order valence-electron chi connectivity index (χ4n) is 2.96. The summed E-state index contributed by atoms with van der Waals surface area (Å²) in [6.07, 6.45) is 2.63. The van der Waals surface area contributed by atoms with Crippen LogP contribution in [-0.4, -0.2) is 46.5 Å². The number of amides is 1. The van der Waals surface area contributed by atoms with E-state index in [4.69, 9.17) is 21.1 Å². The summed E-state index contributed by atoms with van der Waals surface area (Å²) in [5.41, 5.74) is -2.74. The smallest absolute Gasteiger partial charge is 0.323 e. The Balaban J connectivity index is 2.84. The number of ether oxygens (including phenoxy) is 2.